The van der Waals surface area contributed by atoms with Crippen LogP contribution < -0.4 is 10.5 Å². The van der Waals surface area contributed by atoms with E-state index in [0.717, 1.165) is 19.5 Å². The Morgan fingerprint density at radius 3 is 2.57 bits per heavy atom. The van der Waals surface area contributed by atoms with Gasteiger partial charge in [0.2, 0.25) is 0 Å². The number of hydrogen-bond donors (Lipinski definition) is 1. The third-order valence-corrected chi connectivity index (χ3v) is 8.21. The van der Waals surface area contributed by atoms with Gasteiger partial charge in [-0.2, -0.15) is 5.10 Å². The van der Waals surface area contributed by atoms with Crippen LogP contribution in [0.25, 0.3) is 11.3 Å². The first-order chi connectivity index (χ1) is 16.6. The van der Waals surface area contributed by atoms with Crippen LogP contribution in [0.2, 0.25) is 0 Å². The van der Waals surface area contributed by atoms with Crippen LogP contribution >= 0.6 is 0 Å². The number of halogens is 3. The van der Waals surface area contributed by atoms with Crippen molar-refractivity contribution in [1.82, 2.24) is 24.6 Å². The molecule has 3 aliphatic rings. The summed E-state index contributed by atoms with van der Waals surface area (Å²) in [5, 5.41) is 4.82. The standard InChI is InChI=1S/C25H35F3N6O/c1-4-15(2)34-21(13-20(31-34)16-10-22(24(29)30-14-16)35-25(26,27)28)23-18-11-17(12-19(18)23)33-7-5-6-32(3)8-9-33/h10,13-15,17-19,23H,4-9,11-12H2,1-3H3,(H2,29,30). The zero-order chi connectivity index (χ0) is 24.9. The predicted molar refractivity (Wildman–Crippen MR) is 128 cm³/mol. The summed E-state index contributed by atoms with van der Waals surface area (Å²) in [5.41, 5.74) is 7.89. The summed E-state index contributed by atoms with van der Waals surface area (Å²) in [5.74, 6) is 0.979. The van der Waals surface area contributed by atoms with Gasteiger partial charge in [-0.1, -0.05) is 6.92 Å². The Morgan fingerprint density at radius 1 is 1.14 bits per heavy atom. The average molecular weight is 493 g/mol. The van der Waals surface area contributed by atoms with Gasteiger partial charge in [-0.25, -0.2) is 4.98 Å². The molecule has 2 N–H and O–H groups in total. The fraction of sp³-hybridized carbons (Fsp3) is 0.680. The first-order valence-electron chi connectivity index (χ1n) is 12.7. The van der Waals surface area contributed by atoms with E-state index < -0.39 is 12.1 Å². The van der Waals surface area contributed by atoms with Gasteiger partial charge >= 0.3 is 6.36 Å². The number of likely N-dealkylation sites (N-methyl/N-ethyl adjacent to an activating group) is 1. The molecule has 3 fully saturated rings. The van der Waals surface area contributed by atoms with E-state index in [1.165, 1.54) is 50.3 Å². The van der Waals surface area contributed by atoms with Gasteiger partial charge in [-0.3, -0.25) is 9.58 Å². The maximum Gasteiger partial charge on any atom is 0.573 e. The second kappa shape index (κ2) is 9.28. The van der Waals surface area contributed by atoms with E-state index in [2.05, 4.69) is 45.1 Å². The summed E-state index contributed by atoms with van der Waals surface area (Å²) in [6, 6.07) is 4.18. The van der Waals surface area contributed by atoms with Crippen molar-refractivity contribution in [3.8, 4) is 17.0 Å². The molecule has 3 atom stereocenters. The number of hydrogen-bond acceptors (Lipinski definition) is 6. The number of fused-ring (bicyclic) bond motifs is 1. The lowest BCUT2D eigenvalue weighted by atomic mass is 10.0. The quantitative estimate of drug-likeness (QED) is 0.639. The van der Waals surface area contributed by atoms with Crippen LogP contribution in [0, 0.1) is 11.8 Å². The van der Waals surface area contributed by atoms with Crippen molar-refractivity contribution in [2.24, 2.45) is 11.8 Å². The number of nitrogen functional groups attached to an aromatic ring is 1. The molecule has 0 radical (unpaired) electrons. The Bertz CT molecular complexity index is 1040. The third-order valence-electron chi connectivity index (χ3n) is 8.21. The average Bonchev–Trinajstić information content (AvgIpc) is 3.13. The lowest BCUT2D eigenvalue weighted by molar-refractivity contribution is -0.274. The zero-order valence-corrected chi connectivity index (χ0v) is 20.6. The van der Waals surface area contributed by atoms with Crippen LogP contribution in [0.4, 0.5) is 19.0 Å². The van der Waals surface area contributed by atoms with Gasteiger partial charge in [0.15, 0.2) is 11.6 Å². The van der Waals surface area contributed by atoms with E-state index in [4.69, 9.17) is 10.8 Å². The van der Waals surface area contributed by atoms with Crippen molar-refractivity contribution in [3.05, 3.63) is 24.0 Å². The molecule has 0 aromatic carbocycles. The van der Waals surface area contributed by atoms with E-state index in [1.54, 1.807) is 0 Å². The van der Waals surface area contributed by atoms with Gasteiger partial charge < -0.3 is 15.4 Å². The molecular formula is C25H35F3N6O. The number of nitrogens with two attached hydrogens (primary N) is 1. The molecular weight excluding hydrogens is 457 g/mol. The molecule has 1 saturated heterocycles. The van der Waals surface area contributed by atoms with E-state index in [9.17, 15) is 13.2 Å². The van der Waals surface area contributed by atoms with E-state index in [0.29, 0.717) is 35.1 Å². The molecule has 5 rings (SSSR count). The van der Waals surface area contributed by atoms with E-state index in [1.807, 2.05) is 6.07 Å². The number of alkyl halides is 3. The summed E-state index contributed by atoms with van der Waals surface area (Å²) >= 11 is 0. The topological polar surface area (TPSA) is 72.4 Å². The molecule has 2 aromatic rings. The van der Waals surface area contributed by atoms with E-state index in [-0.39, 0.29) is 11.9 Å². The monoisotopic (exact) mass is 492 g/mol. The predicted octanol–water partition coefficient (Wildman–Crippen LogP) is 4.53. The summed E-state index contributed by atoms with van der Waals surface area (Å²) in [6.45, 7) is 8.89. The Balaban J connectivity index is 1.35. The molecule has 35 heavy (non-hydrogen) atoms. The smallest absolute Gasteiger partial charge is 0.402 e. The molecule has 3 heterocycles. The SMILES string of the molecule is CCC(C)n1nc(-c2cnc(N)c(OC(F)(F)F)c2)cc1C1C2CC(N3CCCN(C)CC3)CC21. The Kier molecular flexibility index (Phi) is 6.46. The lowest BCUT2D eigenvalue weighted by Crippen LogP contribution is -2.37. The number of nitrogens with zero attached hydrogens (tertiary/aromatic N) is 5. The number of aromatic nitrogens is 3. The largest absolute Gasteiger partial charge is 0.573 e. The molecule has 0 amide bonds. The zero-order valence-electron chi connectivity index (χ0n) is 20.6. The Labute approximate surface area is 204 Å². The minimum absolute atomic E-state index is 0.199. The highest BCUT2D eigenvalue weighted by molar-refractivity contribution is 5.64. The number of pyridine rings is 1. The van der Waals surface area contributed by atoms with Gasteiger partial charge in [0, 0.05) is 48.5 Å². The maximum absolute atomic E-state index is 12.8. The summed E-state index contributed by atoms with van der Waals surface area (Å²) < 4.78 is 44.5. The van der Waals surface area contributed by atoms with E-state index >= 15 is 0 Å². The van der Waals surface area contributed by atoms with Crippen molar-refractivity contribution in [1.29, 1.82) is 0 Å². The molecule has 2 saturated carbocycles. The molecule has 10 heteroatoms. The van der Waals surface area contributed by atoms with Crippen LogP contribution in [-0.4, -0.2) is 70.2 Å². The van der Waals surface area contributed by atoms with Gasteiger partial charge in [0.05, 0.1) is 5.69 Å². The first-order valence-corrected chi connectivity index (χ1v) is 12.7. The molecule has 0 spiro atoms. The molecule has 3 unspecified atom stereocenters. The molecule has 7 nitrogen and oxygen atoms in total. The van der Waals surface area contributed by atoms with Crippen LogP contribution in [0.1, 0.15) is 57.2 Å². The first kappa shape index (κ1) is 24.4. The minimum atomic E-state index is -4.83. The van der Waals surface area contributed by atoms with Gasteiger partial charge in [0.1, 0.15) is 0 Å². The normalized spacial score (nSPS) is 28.5. The third kappa shape index (κ3) is 5.00. The van der Waals surface area contributed by atoms with Crippen LogP contribution in [0.15, 0.2) is 18.3 Å². The van der Waals surface area contributed by atoms with Crippen molar-refractivity contribution >= 4 is 5.82 Å². The summed E-state index contributed by atoms with van der Waals surface area (Å²) in [7, 11) is 2.20. The van der Waals surface area contributed by atoms with Crippen molar-refractivity contribution < 1.29 is 17.9 Å². The highest BCUT2D eigenvalue weighted by Gasteiger charge is 2.58. The summed E-state index contributed by atoms with van der Waals surface area (Å²) in [6.07, 6.45) is 1.21. The fourth-order valence-electron chi connectivity index (χ4n) is 6.11. The number of anilines is 1. The van der Waals surface area contributed by atoms with Crippen LogP contribution in [0.3, 0.4) is 0 Å². The van der Waals surface area contributed by atoms with Gasteiger partial charge in [-0.05, 0) is 76.7 Å². The van der Waals surface area contributed by atoms with Crippen molar-refractivity contribution in [3.63, 3.8) is 0 Å². The van der Waals surface area contributed by atoms with Crippen molar-refractivity contribution in [2.75, 3.05) is 39.0 Å². The maximum atomic E-state index is 12.8. The molecule has 2 aromatic heterocycles. The van der Waals surface area contributed by atoms with Crippen LogP contribution in [0.5, 0.6) is 5.75 Å². The second-order valence-electron chi connectivity index (χ2n) is 10.5. The Morgan fingerprint density at radius 2 is 1.89 bits per heavy atom. The van der Waals surface area contributed by atoms with Crippen molar-refractivity contribution in [2.45, 2.75) is 63.9 Å². The molecule has 192 valence electrons. The van der Waals surface area contributed by atoms with Gasteiger partial charge in [-0.15, -0.1) is 13.2 Å². The lowest BCUT2D eigenvalue weighted by Gasteiger charge is -2.29. The van der Waals surface area contributed by atoms with Crippen LogP contribution in [-0.2, 0) is 0 Å². The fourth-order valence-corrected chi connectivity index (χ4v) is 6.11. The molecule has 0 bridgehead atoms. The number of ether oxygens (including phenoxy) is 1. The molecule has 1 aliphatic heterocycles. The highest BCUT2D eigenvalue weighted by atomic mass is 19.4. The minimum Gasteiger partial charge on any atom is -0.402 e. The Hall–Kier alpha value is -2.33. The molecule has 2 aliphatic carbocycles. The second-order valence-corrected chi connectivity index (χ2v) is 10.5. The highest BCUT2D eigenvalue weighted by Crippen LogP contribution is 2.64. The number of rotatable bonds is 6. The summed E-state index contributed by atoms with van der Waals surface area (Å²) in [4.78, 5) is 9.04. The van der Waals surface area contributed by atoms with Gasteiger partial charge in [0.25, 0.3) is 0 Å².